The van der Waals surface area contributed by atoms with Crippen LogP contribution in [0.3, 0.4) is 0 Å². The number of hydrogen-bond donors (Lipinski definition) is 0. The molecule has 4 aromatic rings. The lowest BCUT2D eigenvalue weighted by molar-refractivity contribution is 0.940. The third kappa shape index (κ3) is 1.58. The molecule has 1 fully saturated rings. The molecule has 0 unspecified atom stereocenters. The van der Waals surface area contributed by atoms with Gasteiger partial charge in [0, 0.05) is 13.1 Å². The molecule has 3 heterocycles. The lowest BCUT2D eigenvalue weighted by Gasteiger charge is -2.18. The first-order chi connectivity index (χ1) is 10.9. The van der Waals surface area contributed by atoms with E-state index in [0.717, 1.165) is 46.6 Å². The molecule has 0 N–H and O–H groups in total. The number of imidazole rings is 1. The van der Waals surface area contributed by atoms with Gasteiger partial charge in [0.2, 0.25) is 0 Å². The maximum Gasteiger partial charge on any atom is 0.181 e. The Bertz CT molecular complexity index is 996. The van der Waals surface area contributed by atoms with Crippen LogP contribution >= 0.6 is 0 Å². The van der Waals surface area contributed by atoms with Gasteiger partial charge < -0.3 is 4.90 Å². The van der Waals surface area contributed by atoms with Crippen LogP contribution in [0.15, 0.2) is 48.5 Å². The average molecular weight is 288 g/mol. The fraction of sp³-hybridized carbons (Fsp3) is 0.222. The maximum absolute atomic E-state index is 4.92. The Labute approximate surface area is 128 Å². The van der Waals surface area contributed by atoms with Crippen molar-refractivity contribution < 1.29 is 0 Å². The lowest BCUT2D eigenvalue weighted by Crippen LogP contribution is -2.20. The summed E-state index contributed by atoms with van der Waals surface area (Å²) in [7, 11) is 0. The summed E-state index contributed by atoms with van der Waals surface area (Å²) in [4.78, 5) is 12.2. The number of nitrogens with zero attached hydrogens (tertiary/aromatic N) is 4. The van der Waals surface area contributed by atoms with Crippen molar-refractivity contribution in [2.24, 2.45) is 0 Å². The molecule has 0 atom stereocenters. The highest BCUT2D eigenvalue weighted by Gasteiger charge is 2.20. The number of benzene rings is 2. The van der Waals surface area contributed by atoms with Crippen molar-refractivity contribution in [2.45, 2.75) is 12.8 Å². The van der Waals surface area contributed by atoms with Crippen LogP contribution in [-0.2, 0) is 0 Å². The minimum absolute atomic E-state index is 0.974. The second-order valence-corrected chi connectivity index (χ2v) is 5.88. The Morgan fingerprint density at radius 2 is 1.32 bits per heavy atom. The molecule has 4 nitrogen and oxygen atoms in total. The van der Waals surface area contributed by atoms with Gasteiger partial charge in [0.15, 0.2) is 11.5 Å². The minimum Gasteiger partial charge on any atom is -0.354 e. The summed E-state index contributed by atoms with van der Waals surface area (Å²) in [6, 6.07) is 16.6. The van der Waals surface area contributed by atoms with E-state index >= 15 is 0 Å². The molecule has 0 bridgehead atoms. The second kappa shape index (κ2) is 4.44. The van der Waals surface area contributed by atoms with Crippen LogP contribution in [0.1, 0.15) is 12.8 Å². The van der Waals surface area contributed by atoms with Crippen molar-refractivity contribution in [3.8, 4) is 0 Å². The van der Waals surface area contributed by atoms with Gasteiger partial charge in [-0.25, -0.2) is 9.97 Å². The monoisotopic (exact) mass is 288 g/mol. The fourth-order valence-corrected chi connectivity index (χ4v) is 3.47. The highest BCUT2D eigenvalue weighted by molar-refractivity contribution is 5.92. The van der Waals surface area contributed by atoms with E-state index in [2.05, 4.69) is 45.7 Å². The van der Waals surface area contributed by atoms with Gasteiger partial charge in [-0.3, -0.25) is 4.40 Å². The zero-order valence-corrected chi connectivity index (χ0v) is 12.2. The van der Waals surface area contributed by atoms with Crippen molar-refractivity contribution in [3.05, 3.63) is 48.5 Å². The summed E-state index contributed by atoms with van der Waals surface area (Å²) < 4.78 is 2.26. The highest BCUT2D eigenvalue weighted by atomic mass is 15.2. The molecule has 2 aromatic heterocycles. The van der Waals surface area contributed by atoms with Crippen molar-refractivity contribution in [3.63, 3.8) is 0 Å². The van der Waals surface area contributed by atoms with Gasteiger partial charge in [0.05, 0.1) is 22.1 Å². The highest BCUT2D eigenvalue weighted by Crippen LogP contribution is 2.30. The summed E-state index contributed by atoms with van der Waals surface area (Å²) in [5, 5.41) is 0. The van der Waals surface area contributed by atoms with Gasteiger partial charge in [0.1, 0.15) is 0 Å². The zero-order chi connectivity index (χ0) is 14.5. The predicted molar refractivity (Wildman–Crippen MR) is 89.4 cm³/mol. The molecule has 2 aromatic carbocycles. The van der Waals surface area contributed by atoms with Crippen LogP contribution in [0.5, 0.6) is 0 Å². The van der Waals surface area contributed by atoms with Crippen LogP contribution in [0.25, 0.3) is 27.7 Å². The third-order valence-corrected chi connectivity index (χ3v) is 4.52. The van der Waals surface area contributed by atoms with E-state index in [1.807, 2.05) is 12.1 Å². The van der Waals surface area contributed by atoms with Crippen LogP contribution in [-0.4, -0.2) is 27.5 Å². The Morgan fingerprint density at radius 1 is 0.727 bits per heavy atom. The second-order valence-electron chi connectivity index (χ2n) is 5.88. The van der Waals surface area contributed by atoms with E-state index < -0.39 is 0 Å². The number of aromatic nitrogens is 3. The Hall–Kier alpha value is -2.62. The molecule has 0 saturated carbocycles. The summed E-state index contributed by atoms with van der Waals surface area (Å²) in [5.41, 5.74) is 5.30. The van der Waals surface area contributed by atoms with E-state index in [9.17, 15) is 0 Å². The van der Waals surface area contributed by atoms with Crippen LogP contribution in [0.2, 0.25) is 0 Å². The maximum atomic E-state index is 4.92. The van der Waals surface area contributed by atoms with E-state index in [1.165, 1.54) is 12.8 Å². The zero-order valence-electron chi connectivity index (χ0n) is 12.2. The Kier molecular flexibility index (Phi) is 2.41. The molecule has 5 rings (SSSR count). The molecule has 1 aliphatic heterocycles. The Morgan fingerprint density at radius 3 is 2.00 bits per heavy atom. The fourth-order valence-electron chi connectivity index (χ4n) is 3.47. The van der Waals surface area contributed by atoms with Crippen LogP contribution < -0.4 is 4.90 Å². The van der Waals surface area contributed by atoms with Crippen molar-refractivity contribution in [2.75, 3.05) is 18.0 Å². The van der Waals surface area contributed by atoms with Gasteiger partial charge in [-0.15, -0.1) is 0 Å². The largest absolute Gasteiger partial charge is 0.354 e. The first-order valence-corrected chi connectivity index (χ1v) is 7.83. The molecule has 0 spiro atoms. The molecular weight excluding hydrogens is 272 g/mol. The number of fused-ring (bicyclic) bond motifs is 5. The first kappa shape index (κ1) is 12.0. The summed E-state index contributed by atoms with van der Waals surface area (Å²) in [5.74, 6) is 1.02. The van der Waals surface area contributed by atoms with E-state index in [-0.39, 0.29) is 0 Å². The van der Waals surface area contributed by atoms with Crippen molar-refractivity contribution in [1.29, 1.82) is 0 Å². The quantitative estimate of drug-likeness (QED) is 0.536. The minimum atomic E-state index is 0.974. The van der Waals surface area contributed by atoms with Gasteiger partial charge >= 0.3 is 0 Å². The summed E-state index contributed by atoms with van der Waals surface area (Å²) >= 11 is 0. The molecule has 1 saturated heterocycles. The van der Waals surface area contributed by atoms with Gasteiger partial charge in [-0.2, -0.15) is 0 Å². The van der Waals surface area contributed by atoms with E-state index in [1.54, 1.807) is 0 Å². The summed E-state index contributed by atoms with van der Waals surface area (Å²) in [6.07, 6.45) is 2.47. The number of anilines is 1. The molecular formula is C18H16N4. The third-order valence-electron chi connectivity index (χ3n) is 4.52. The van der Waals surface area contributed by atoms with Crippen molar-refractivity contribution in [1.82, 2.24) is 14.4 Å². The van der Waals surface area contributed by atoms with Gasteiger partial charge in [-0.05, 0) is 37.1 Å². The van der Waals surface area contributed by atoms with Gasteiger partial charge in [-0.1, -0.05) is 24.3 Å². The van der Waals surface area contributed by atoms with Crippen LogP contribution in [0, 0.1) is 0 Å². The Balaban J connectivity index is 1.99. The number of hydrogen-bond acceptors (Lipinski definition) is 3. The molecule has 4 heteroatoms. The molecule has 0 radical (unpaired) electrons. The predicted octanol–water partition coefficient (Wildman–Crippen LogP) is 3.64. The van der Waals surface area contributed by atoms with E-state index in [4.69, 9.17) is 9.97 Å². The van der Waals surface area contributed by atoms with E-state index in [0.29, 0.717) is 0 Å². The van der Waals surface area contributed by atoms with Crippen LogP contribution in [0.4, 0.5) is 5.82 Å². The lowest BCUT2D eigenvalue weighted by atomic mass is 10.2. The number of rotatable bonds is 1. The standard InChI is InChI=1S/C18H16N4/c1-3-9-15-13(7-1)19-17(21-11-5-6-12-21)18-20-14-8-2-4-10-16(14)22(15)18/h1-4,7-10H,5-6,11-12H2. The molecule has 22 heavy (non-hydrogen) atoms. The summed E-state index contributed by atoms with van der Waals surface area (Å²) in [6.45, 7) is 2.15. The molecule has 108 valence electrons. The first-order valence-electron chi connectivity index (χ1n) is 7.83. The molecule has 1 aliphatic rings. The topological polar surface area (TPSA) is 33.4 Å². The molecule has 0 amide bonds. The SMILES string of the molecule is c1ccc2c(c1)nc(N1CCCC1)c1nc3ccccc3n12. The van der Waals surface area contributed by atoms with Gasteiger partial charge in [0.25, 0.3) is 0 Å². The normalized spacial score (nSPS) is 15.4. The number of para-hydroxylation sites is 4. The smallest absolute Gasteiger partial charge is 0.181 e. The van der Waals surface area contributed by atoms with Crippen molar-refractivity contribution >= 4 is 33.5 Å². The molecule has 0 aliphatic carbocycles. The average Bonchev–Trinajstić information content (AvgIpc) is 3.22.